The number of hydrogen-bond acceptors (Lipinski definition) is 20. The van der Waals surface area contributed by atoms with Gasteiger partial charge in [0.2, 0.25) is 0 Å². The minimum atomic E-state index is -1.12. The van der Waals surface area contributed by atoms with E-state index < -0.39 is 13.1 Å². The number of ether oxygens (including phenoxy) is 5. The van der Waals surface area contributed by atoms with E-state index in [9.17, 15) is 34.1 Å². The number of phenolic OH excluding ortho intramolecular Hbond substituents is 2. The molecule has 0 saturated heterocycles. The number of carboxylic acids is 1. The van der Waals surface area contributed by atoms with Gasteiger partial charge in [-0.25, -0.2) is 4.79 Å². The molecule has 0 atom stereocenters. The van der Waals surface area contributed by atoms with Crippen molar-refractivity contribution in [2.45, 2.75) is 140 Å². The van der Waals surface area contributed by atoms with Crippen LogP contribution in [0.15, 0.2) is 165 Å². The van der Waals surface area contributed by atoms with E-state index in [0.29, 0.717) is 115 Å². The van der Waals surface area contributed by atoms with Crippen LogP contribution in [0.1, 0.15) is 179 Å². The molecule has 0 saturated carbocycles. The number of alkyl halides is 1. The monoisotopic (exact) mass is 1660 g/mol. The van der Waals surface area contributed by atoms with Crippen LogP contribution in [0.25, 0.3) is 67.4 Å². The van der Waals surface area contributed by atoms with Crippen molar-refractivity contribution in [2.24, 2.45) is 5.73 Å². The van der Waals surface area contributed by atoms with Crippen molar-refractivity contribution in [1.82, 2.24) is 40.8 Å². The van der Waals surface area contributed by atoms with E-state index in [1.165, 1.54) is 45.0 Å². The van der Waals surface area contributed by atoms with E-state index in [1.54, 1.807) is 27.4 Å². The smallest absolute Gasteiger partial charge is 0.358 e. The molecule has 3 aliphatic heterocycles. The number of methoxy groups -OCH3 is 3. The lowest BCUT2D eigenvalue weighted by molar-refractivity contribution is 0.0685. The minimum Gasteiger partial charge on any atom is -0.508 e. The lowest BCUT2D eigenvalue weighted by atomic mass is 9.90. The Kier molecular flexibility index (Phi) is 35.0. The number of benzene rings is 8. The van der Waals surface area contributed by atoms with Crippen molar-refractivity contribution in [2.75, 3.05) is 109 Å². The Morgan fingerprint density at radius 1 is 0.488 bits per heavy atom. The van der Waals surface area contributed by atoms with E-state index in [-0.39, 0.29) is 72.8 Å². The number of aromatic nitrogens is 3. The van der Waals surface area contributed by atoms with Crippen LogP contribution in [0.4, 0.5) is 4.39 Å². The number of aromatic carboxylic acids is 1. The number of hydrogen-bond donors (Lipinski definition) is 6. The van der Waals surface area contributed by atoms with Crippen molar-refractivity contribution in [3.63, 3.8) is 0 Å². The largest absolute Gasteiger partial charge is 0.508 e. The number of carboxylic acid groups (broad SMARTS) is 1. The second kappa shape index (κ2) is 45.3. The molecule has 0 spiro atoms. The summed E-state index contributed by atoms with van der Waals surface area (Å²) in [6, 6.07) is 50.0. The molecule has 121 heavy (non-hydrogen) atoms. The number of aryl methyl sites for hydroxylation is 2. The topological polar surface area (TPSA) is 296 Å². The molecule has 646 valence electrons. The Balaban J connectivity index is 0.000000216. The third-order valence-electron chi connectivity index (χ3n) is 21.3. The van der Waals surface area contributed by atoms with Gasteiger partial charge in [-0.05, 0) is 191 Å². The first-order valence-electron chi connectivity index (χ1n) is 40.9. The molecule has 3 aliphatic rings. The minimum absolute atomic E-state index is 0. The summed E-state index contributed by atoms with van der Waals surface area (Å²) in [7, 11) is 10.1. The zero-order valence-corrected chi connectivity index (χ0v) is 70.9. The fourth-order valence-electron chi connectivity index (χ4n) is 15.0. The van der Waals surface area contributed by atoms with Crippen molar-refractivity contribution >= 4 is 17.8 Å². The summed E-state index contributed by atoms with van der Waals surface area (Å²) in [5.41, 5.74) is 26.2. The number of carbonyl (C=O) groups is 3. The van der Waals surface area contributed by atoms with E-state index in [0.717, 1.165) is 109 Å². The lowest BCUT2D eigenvalue weighted by Crippen LogP contribution is -2.28. The van der Waals surface area contributed by atoms with Gasteiger partial charge in [-0.3, -0.25) is 14.0 Å². The third kappa shape index (κ3) is 23.8. The summed E-state index contributed by atoms with van der Waals surface area (Å²) >= 11 is 0. The lowest BCUT2D eigenvalue weighted by Gasteiger charge is -2.25. The summed E-state index contributed by atoms with van der Waals surface area (Å²) in [6.07, 6.45) is 2.76. The molecule has 0 aliphatic carbocycles. The highest BCUT2D eigenvalue weighted by Gasteiger charge is 2.33. The summed E-state index contributed by atoms with van der Waals surface area (Å²) in [5, 5.41) is 49.2. The molecule has 0 fully saturated rings. The summed E-state index contributed by atoms with van der Waals surface area (Å²) in [6.45, 7) is 25.8. The quantitative estimate of drug-likeness (QED) is 0.0275. The molecule has 6 heterocycles. The summed E-state index contributed by atoms with van der Waals surface area (Å²) in [5.74, 6) is 1.19. The first-order chi connectivity index (χ1) is 57.8. The zero-order valence-electron chi connectivity index (χ0n) is 71.9. The summed E-state index contributed by atoms with van der Waals surface area (Å²) in [4.78, 5) is 45.5. The number of likely N-dealkylation sites (N-methyl/N-ethyl adjacent to an activating group) is 3. The number of amides is 2. The number of phenols is 2. The summed E-state index contributed by atoms with van der Waals surface area (Å²) < 4.78 is 60.5. The molecular formula is C97H122FN9O14. The van der Waals surface area contributed by atoms with Gasteiger partial charge in [0.1, 0.15) is 36.2 Å². The van der Waals surface area contributed by atoms with Gasteiger partial charge in [-0.1, -0.05) is 187 Å². The number of nitrogens with zero attached hydrogens (tertiary/aromatic N) is 6. The highest BCUT2D eigenvalue weighted by Crippen LogP contribution is 2.47. The number of aromatic hydroxyl groups is 2. The molecular weight excluding hydrogens is 1530 g/mol. The van der Waals surface area contributed by atoms with E-state index >= 15 is 0 Å². The van der Waals surface area contributed by atoms with Crippen LogP contribution in [-0.4, -0.2) is 172 Å². The van der Waals surface area contributed by atoms with Crippen molar-refractivity contribution < 1.29 is 72.7 Å². The molecule has 11 aromatic rings. The first kappa shape index (κ1) is 93.5. The highest BCUT2D eigenvalue weighted by atomic mass is 19.1. The molecule has 23 nitrogen and oxygen atoms in total. The maximum absolute atomic E-state index is 13.4. The Bertz CT molecular complexity index is 5260. The molecule has 2 amide bonds. The number of nitrogens with one attached hydrogen (secondary N) is 2. The van der Waals surface area contributed by atoms with Crippen LogP contribution in [-0.2, 0) is 66.3 Å². The van der Waals surface area contributed by atoms with Gasteiger partial charge in [0.25, 0.3) is 11.8 Å². The highest BCUT2D eigenvalue weighted by molar-refractivity contribution is 6.04. The van der Waals surface area contributed by atoms with Gasteiger partial charge in [0.05, 0.1) is 61.7 Å². The third-order valence-corrected chi connectivity index (χ3v) is 21.3. The van der Waals surface area contributed by atoms with Gasteiger partial charge < -0.3 is 83.6 Å². The molecule has 24 heteroatoms. The van der Waals surface area contributed by atoms with E-state index in [4.69, 9.17) is 39.6 Å². The maximum Gasteiger partial charge on any atom is 0.358 e. The Morgan fingerprint density at radius 3 is 1.17 bits per heavy atom. The molecule has 3 aromatic heterocycles. The standard InChI is InChI=1S/C34H39N3O4.C31H32N2O4.C26H31N3O5.C3H9NO.CH3F.2CH4/c1-22(2)28-19-29(30(17-23(28)3)40-21-24-9-7-6-8-10-24)33-31(32(36-41-33)34(38)35-14-16-39-5)26-11-12-27-20-37(4)15-13-25(27)18-26;1-19(2)25-16-26(27(14-20(25)3)36-18-21-8-6-5-7-9-21)30-28(29(31(34)35)32-37-30)23-10-11-24-17-33(4)13-12-22(24)15-23;1-15(2)19-12-20(22(31)13-21(19)30)25-23(24(28-34-25)26(32)27-8-10-33-4)17-5-6-18-14-29(3)9-7-16(18)11-17;1-5-3-2-4;1-2;;/h6-12,17-19,22H,13-16,20-21H2,1-5H3,(H,35,38);5-11,14-16,19H,12-13,17-18H2,1-4H3,(H,34,35);5-6,11-13,15,30-31H,7-10,14H2,1-4H3,(H,27,32);2-4H2,1H3;1H3;2*1H4/i;;;;1D;;. The van der Waals surface area contributed by atoms with Crippen LogP contribution < -0.4 is 25.8 Å². The van der Waals surface area contributed by atoms with Crippen LogP contribution in [0.3, 0.4) is 0 Å². The second-order valence-electron chi connectivity index (χ2n) is 31.1. The molecule has 0 unspecified atom stereocenters. The van der Waals surface area contributed by atoms with Crippen molar-refractivity contribution in [3.8, 4) is 90.3 Å². The van der Waals surface area contributed by atoms with Gasteiger partial charge in [0.15, 0.2) is 34.4 Å². The number of carbonyl (C=O) groups excluding carboxylic acids is 2. The zero-order chi connectivity index (χ0) is 86.3. The van der Waals surface area contributed by atoms with Crippen LogP contribution in [0.2, 0.25) is 0 Å². The molecule has 0 bridgehead atoms. The SMILES string of the molecule is C.C.COCCN.COCCNC(=O)c1noc(-c2cc(C(C)C)c(C)cc2OCc2ccccc2)c1-c1ccc2c(c1)CCN(C)C2.COCCNC(=O)c1noc(-c2cc(C(C)C)c(O)cc2O)c1-c1ccc2c(c1)CCN(C)C2.Cc1cc(OCc2ccccc2)c(-c2onc(C(=O)O)c2-c2ccc3c(c2)CCN(C)C3)cc1C(C)C.[2H]CF. The Hall–Kier alpha value is -11.4. The fourth-order valence-corrected chi connectivity index (χ4v) is 15.0. The predicted octanol–water partition coefficient (Wildman–Crippen LogP) is 18.4. The van der Waals surface area contributed by atoms with Crippen LogP contribution in [0, 0.1) is 13.8 Å². The molecule has 8 aromatic carbocycles. The number of rotatable bonds is 26. The molecule has 7 N–H and O–H groups in total. The van der Waals surface area contributed by atoms with E-state index in [2.05, 4.69) is 169 Å². The predicted molar refractivity (Wildman–Crippen MR) is 476 cm³/mol. The molecule has 14 rings (SSSR count). The van der Waals surface area contributed by atoms with Gasteiger partial charge in [-0.15, -0.1) is 0 Å². The normalized spacial score (nSPS) is 13.0. The molecule has 0 radical (unpaired) electrons. The van der Waals surface area contributed by atoms with Gasteiger partial charge >= 0.3 is 5.97 Å². The Labute approximate surface area is 713 Å². The van der Waals surface area contributed by atoms with Crippen LogP contribution >= 0.6 is 0 Å². The van der Waals surface area contributed by atoms with Crippen molar-refractivity contribution in [1.29, 1.82) is 0 Å². The first-order valence-corrected chi connectivity index (χ1v) is 40.2. The van der Waals surface area contributed by atoms with E-state index in [1.807, 2.05) is 92.7 Å². The van der Waals surface area contributed by atoms with Crippen LogP contribution in [0.5, 0.6) is 23.0 Å². The average Bonchev–Trinajstić information content (AvgIpc) is 1.60. The average molecular weight is 1660 g/mol. The maximum atomic E-state index is 13.4. The number of nitrogens with two attached hydrogens (primary N) is 1. The second-order valence-corrected chi connectivity index (χ2v) is 31.1. The number of halogens is 1. The van der Waals surface area contributed by atoms with Gasteiger partial charge in [0, 0.05) is 86.3 Å². The number of fused-ring (bicyclic) bond motifs is 3. The van der Waals surface area contributed by atoms with Gasteiger partial charge in [-0.2, -0.15) is 0 Å². The van der Waals surface area contributed by atoms with Crippen molar-refractivity contribution in [3.05, 3.63) is 241 Å². The Morgan fingerprint density at radius 2 is 0.835 bits per heavy atom. The fraction of sp³-hybridized carbons (Fsp3) is 0.381.